The predicted octanol–water partition coefficient (Wildman–Crippen LogP) is 1.23. The largest absolute Gasteiger partial charge is 0.378 e. The Kier molecular flexibility index (Phi) is 5.57. The van der Waals surface area contributed by atoms with Gasteiger partial charge in [0.1, 0.15) is 5.82 Å². The van der Waals surface area contributed by atoms with Crippen molar-refractivity contribution in [3.8, 4) is 0 Å². The number of hydrogen-bond donors (Lipinski definition) is 1. The summed E-state index contributed by atoms with van der Waals surface area (Å²) in [6.07, 6.45) is 1.08. The molecule has 0 fully saturated rings. The standard InChI is InChI=1S/C15H28N4O/c1-12(2)15-17-13-11-16-6-5-14(13)19(15)8-10-20-9-7-18(3)4/h12,16H,5-11H2,1-4H3. The molecule has 5 nitrogen and oxygen atoms in total. The van der Waals surface area contributed by atoms with E-state index in [9.17, 15) is 0 Å². The van der Waals surface area contributed by atoms with E-state index in [2.05, 4.69) is 42.7 Å². The van der Waals surface area contributed by atoms with Gasteiger partial charge in [-0.3, -0.25) is 0 Å². The van der Waals surface area contributed by atoms with Crippen LogP contribution in [0.4, 0.5) is 0 Å². The molecule has 2 heterocycles. The van der Waals surface area contributed by atoms with Crippen molar-refractivity contribution in [3.05, 3.63) is 17.2 Å². The second-order valence-electron chi connectivity index (χ2n) is 6.01. The topological polar surface area (TPSA) is 42.3 Å². The zero-order chi connectivity index (χ0) is 14.5. The van der Waals surface area contributed by atoms with Crippen molar-refractivity contribution in [2.24, 2.45) is 0 Å². The van der Waals surface area contributed by atoms with E-state index >= 15 is 0 Å². The van der Waals surface area contributed by atoms with Crippen molar-refractivity contribution < 1.29 is 4.74 Å². The maximum atomic E-state index is 5.74. The highest BCUT2D eigenvalue weighted by atomic mass is 16.5. The minimum atomic E-state index is 0.461. The lowest BCUT2D eigenvalue weighted by atomic mass is 10.2. The van der Waals surface area contributed by atoms with Gasteiger partial charge in [0.05, 0.1) is 18.9 Å². The molecule has 0 aliphatic carbocycles. The normalized spacial score (nSPS) is 15.1. The maximum Gasteiger partial charge on any atom is 0.111 e. The number of nitrogens with one attached hydrogen (secondary N) is 1. The molecule has 0 spiro atoms. The third kappa shape index (κ3) is 3.81. The molecular weight excluding hydrogens is 252 g/mol. The van der Waals surface area contributed by atoms with Crippen LogP contribution in [0.2, 0.25) is 0 Å². The summed E-state index contributed by atoms with van der Waals surface area (Å²) in [5.74, 6) is 1.66. The zero-order valence-corrected chi connectivity index (χ0v) is 13.3. The molecule has 1 N–H and O–H groups in total. The van der Waals surface area contributed by atoms with Crippen molar-refractivity contribution in [1.29, 1.82) is 0 Å². The van der Waals surface area contributed by atoms with E-state index in [0.717, 1.165) is 45.8 Å². The van der Waals surface area contributed by atoms with Gasteiger partial charge in [0.15, 0.2) is 0 Å². The van der Waals surface area contributed by atoms with Gasteiger partial charge in [0, 0.05) is 44.2 Å². The van der Waals surface area contributed by atoms with Crippen LogP contribution in [0.1, 0.15) is 37.0 Å². The van der Waals surface area contributed by atoms with Crippen molar-refractivity contribution in [2.75, 3.05) is 40.4 Å². The Labute approximate surface area is 122 Å². The maximum absolute atomic E-state index is 5.74. The number of likely N-dealkylation sites (N-methyl/N-ethyl adjacent to an activating group) is 1. The third-order valence-corrected chi connectivity index (χ3v) is 3.67. The van der Waals surface area contributed by atoms with Crippen molar-refractivity contribution in [3.63, 3.8) is 0 Å². The van der Waals surface area contributed by atoms with Crippen LogP contribution in [0, 0.1) is 0 Å². The molecule has 114 valence electrons. The van der Waals surface area contributed by atoms with E-state index in [1.165, 1.54) is 17.2 Å². The number of ether oxygens (including phenoxy) is 1. The van der Waals surface area contributed by atoms with E-state index in [-0.39, 0.29) is 0 Å². The Morgan fingerprint density at radius 2 is 2.15 bits per heavy atom. The molecule has 0 unspecified atom stereocenters. The molecule has 20 heavy (non-hydrogen) atoms. The molecule has 1 aromatic heterocycles. The van der Waals surface area contributed by atoms with Crippen LogP contribution >= 0.6 is 0 Å². The average Bonchev–Trinajstić information content (AvgIpc) is 2.77. The Bertz CT molecular complexity index is 426. The van der Waals surface area contributed by atoms with Gasteiger partial charge in [0.2, 0.25) is 0 Å². The zero-order valence-electron chi connectivity index (χ0n) is 13.3. The molecule has 1 aromatic rings. The van der Waals surface area contributed by atoms with E-state index in [1.807, 2.05) is 0 Å². The van der Waals surface area contributed by atoms with Crippen LogP contribution in [-0.4, -0.2) is 54.8 Å². The number of rotatable bonds is 7. The van der Waals surface area contributed by atoms with Gasteiger partial charge in [-0.15, -0.1) is 0 Å². The van der Waals surface area contributed by atoms with E-state index in [0.29, 0.717) is 5.92 Å². The number of aromatic nitrogens is 2. The van der Waals surface area contributed by atoms with E-state index in [4.69, 9.17) is 9.72 Å². The first-order valence-electron chi connectivity index (χ1n) is 7.61. The summed E-state index contributed by atoms with van der Waals surface area (Å²) in [5, 5.41) is 3.40. The Morgan fingerprint density at radius 1 is 1.35 bits per heavy atom. The van der Waals surface area contributed by atoms with Crippen LogP contribution in [0.25, 0.3) is 0 Å². The fourth-order valence-electron chi connectivity index (χ4n) is 2.59. The molecule has 0 radical (unpaired) electrons. The Morgan fingerprint density at radius 3 is 2.85 bits per heavy atom. The van der Waals surface area contributed by atoms with E-state index < -0.39 is 0 Å². The molecule has 0 saturated carbocycles. The van der Waals surface area contributed by atoms with Gasteiger partial charge in [0.25, 0.3) is 0 Å². The lowest BCUT2D eigenvalue weighted by molar-refractivity contribution is 0.110. The summed E-state index contributed by atoms with van der Waals surface area (Å²) < 4.78 is 8.12. The number of fused-ring (bicyclic) bond motifs is 1. The predicted molar refractivity (Wildman–Crippen MR) is 81.1 cm³/mol. The van der Waals surface area contributed by atoms with Gasteiger partial charge in [-0.25, -0.2) is 4.98 Å². The van der Waals surface area contributed by atoms with Crippen LogP contribution < -0.4 is 5.32 Å². The monoisotopic (exact) mass is 280 g/mol. The van der Waals surface area contributed by atoms with Crippen LogP contribution in [-0.2, 0) is 24.2 Å². The molecule has 0 atom stereocenters. The first kappa shape index (κ1) is 15.5. The summed E-state index contributed by atoms with van der Waals surface area (Å²) >= 11 is 0. The number of imidazole rings is 1. The molecule has 0 amide bonds. The quantitative estimate of drug-likeness (QED) is 0.763. The number of nitrogens with zero attached hydrogens (tertiary/aromatic N) is 3. The molecule has 5 heteroatoms. The van der Waals surface area contributed by atoms with Gasteiger partial charge in [-0.1, -0.05) is 13.8 Å². The van der Waals surface area contributed by atoms with Crippen molar-refractivity contribution >= 4 is 0 Å². The SMILES string of the molecule is CC(C)c1nc2c(n1CCOCCN(C)C)CCNC2. The summed E-state index contributed by atoms with van der Waals surface area (Å²) in [5.41, 5.74) is 2.64. The Hall–Kier alpha value is -0.910. The molecule has 0 saturated heterocycles. The van der Waals surface area contributed by atoms with Crippen molar-refractivity contribution in [2.45, 2.75) is 39.3 Å². The van der Waals surface area contributed by atoms with Gasteiger partial charge < -0.3 is 19.5 Å². The fourth-order valence-corrected chi connectivity index (χ4v) is 2.59. The molecule has 0 aromatic carbocycles. The molecule has 0 bridgehead atoms. The highest BCUT2D eigenvalue weighted by molar-refractivity contribution is 5.21. The average molecular weight is 280 g/mol. The van der Waals surface area contributed by atoms with Crippen LogP contribution in [0.3, 0.4) is 0 Å². The molecular formula is C15H28N4O. The smallest absolute Gasteiger partial charge is 0.111 e. The first-order chi connectivity index (χ1) is 9.59. The second kappa shape index (κ2) is 7.20. The second-order valence-corrected chi connectivity index (χ2v) is 6.01. The summed E-state index contributed by atoms with van der Waals surface area (Å²) in [7, 11) is 4.14. The van der Waals surface area contributed by atoms with Gasteiger partial charge in [-0.05, 0) is 14.1 Å². The summed E-state index contributed by atoms with van der Waals surface area (Å²) in [6.45, 7) is 9.84. The Balaban J connectivity index is 1.97. The minimum Gasteiger partial charge on any atom is -0.378 e. The highest BCUT2D eigenvalue weighted by Crippen LogP contribution is 2.21. The first-order valence-corrected chi connectivity index (χ1v) is 7.61. The van der Waals surface area contributed by atoms with Gasteiger partial charge in [-0.2, -0.15) is 0 Å². The lowest BCUT2D eigenvalue weighted by Crippen LogP contribution is -2.26. The third-order valence-electron chi connectivity index (χ3n) is 3.67. The lowest BCUT2D eigenvalue weighted by Gasteiger charge is -2.17. The summed E-state index contributed by atoms with van der Waals surface area (Å²) in [4.78, 5) is 6.96. The minimum absolute atomic E-state index is 0.461. The van der Waals surface area contributed by atoms with Gasteiger partial charge >= 0.3 is 0 Å². The van der Waals surface area contributed by atoms with Crippen LogP contribution in [0.5, 0.6) is 0 Å². The van der Waals surface area contributed by atoms with Crippen molar-refractivity contribution in [1.82, 2.24) is 19.8 Å². The number of hydrogen-bond acceptors (Lipinski definition) is 4. The molecule has 1 aliphatic rings. The molecule has 2 rings (SSSR count). The van der Waals surface area contributed by atoms with Crippen LogP contribution in [0.15, 0.2) is 0 Å². The highest BCUT2D eigenvalue weighted by Gasteiger charge is 2.20. The molecule has 1 aliphatic heterocycles. The fraction of sp³-hybridized carbons (Fsp3) is 0.800. The van der Waals surface area contributed by atoms with E-state index in [1.54, 1.807) is 0 Å². The summed E-state index contributed by atoms with van der Waals surface area (Å²) in [6, 6.07) is 0.